The SMILES string of the molecule is CCC(N)(CC)CNC(=O)C1Oc2ccccc2OC1C.Cl. The molecule has 6 heteroatoms. The lowest BCUT2D eigenvalue weighted by Crippen LogP contribution is -2.55. The molecule has 1 aromatic rings. The van der Waals surface area contributed by atoms with E-state index in [2.05, 4.69) is 5.32 Å². The lowest BCUT2D eigenvalue weighted by molar-refractivity contribution is -0.133. The molecule has 1 heterocycles. The molecule has 0 saturated heterocycles. The number of rotatable bonds is 5. The average molecular weight is 329 g/mol. The Morgan fingerprint density at radius 2 is 1.77 bits per heavy atom. The predicted molar refractivity (Wildman–Crippen MR) is 88.7 cm³/mol. The third-order valence-electron chi connectivity index (χ3n) is 4.12. The van der Waals surface area contributed by atoms with Gasteiger partial charge in [0.05, 0.1) is 0 Å². The monoisotopic (exact) mass is 328 g/mol. The van der Waals surface area contributed by atoms with Crippen molar-refractivity contribution in [2.24, 2.45) is 5.73 Å². The van der Waals surface area contributed by atoms with Crippen molar-refractivity contribution in [3.8, 4) is 11.5 Å². The normalized spacial score (nSPS) is 20.0. The Morgan fingerprint density at radius 3 is 2.32 bits per heavy atom. The lowest BCUT2D eigenvalue weighted by Gasteiger charge is -2.32. The number of amides is 1. The highest BCUT2D eigenvalue weighted by Crippen LogP contribution is 2.33. The highest BCUT2D eigenvalue weighted by atomic mass is 35.5. The Hall–Kier alpha value is -1.46. The summed E-state index contributed by atoms with van der Waals surface area (Å²) in [5.41, 5.74) is 5.83. The topological polar surface area (TPSA) is 73.6 Å². The van der Waals surface area contributed by atoms with E-state index in [0.717, 1.165) is 12.8 Å². The standard InChI is InChI=1S/C16H24N2O3.ClH/c1-4-16(17,5-2)10-18-15(19)14-11(3)20-12-8-6-7-9-13(12)21-14;/h6-9,11,14H,4-5,10,17H2,1-3H3,(H,18,19);1H. The number of hydrogen-bond donors (Lipinski definition) is 2. The molecule has 124 valence electrons. The zero-order valence-electron chi connectivity index (χ0n) is 13.3. The van der Waals surface area contributed by atoms with Crippen LogP contribution >= 0.6 is 12.4 Å². The fourth-order valence-electron chi connectivity index (χ4n) is 2.27. The van der Waals surface area contributed by atoms with Crippen LogP contribution in [0.15, 0.2) is 24.3 Å². The van der Waals surface area contributed by atoms with E-state index in [1.807, 2.05) is 39.0 Å². The van der Waals surface area contributed by atoms with Crippen LogP contribution in [0.25, 0.3) is 0 Å². The van der Waals surface area contributed by atoms with Gasteiger partial charge in [-0.3, -0.25) is 4.79 Å². The van der Waals surface area contributed by atoms with Gasteiger partial charge in [0.2, 0.25) is 6.10 Å². The number of fused-ring (bicyclic) bond motifs is 1. The Bertz CT molecular complexity index is 506. The van der Waals surface area contributed by atoms with Gasteiger partial charge in [-0.25, -0.2) is 0 Å². The second kappa shape index (κ2) is 7.70. The fraction of sp³-hybridized carbons (Fsp3) is 0.562. The van der Waals surface area contributed by atoms with Gasteiger partial charge in [-0.2, -0.15) is 0 Å². The Balaban J connectivity index is 0.00000242. The third-order valence-corrected chi connectivity index (χ3v) is 4.12. The number of halogens is 1. The van der Waals surface area contributed by atoms with Crippen LogP contribution in [0, 0.1) is 0 Å². The van der Waals surface area contributed by atoms with Gasteiger partial charge in [0.25, 0.3) is 5.91 Å². The zero-order chi connectivity index (χ0) is 15.5. The van der Waals surface area contributed by atoms with Crippen molar-refractivity contribution >= 4 is 18.3 Å². The number of para-hydroxylation sites is 2. The van der Waals surface area contributed by atoms with E-state index in [1.54, 1.807) is 6.07 Å². The fourth-order valence-corrected chi connectivity index (χ4v) is 2.27. The molecule has 1 aromatic carbocycles. The molecule has 0 bridgehead atoms. The first-order valence-corrected chi connectivity index (χ1v) is 7.48. The number of benzene rings is 1. The van der Waals surface area contributed by atoms with Crippen LogP contribution in [-0.2, 0) is 4.79 Å². The summed E-state index contributed by atoms with van der Waals surface area (Å²) in [4.78, 5) is 12.3. The number of carbonyl (C=O) groups is 1. The van der Waals surface area contributed by atoms with E-state index >= 15 is 0 Å². The smallest absolute Gasteiger partial charge is 0.265 e. The number of nitrogens with two attached hydrogens (primary N) is 1. The van der Waals surface area contributed by atoms with Crippen LogP contribution in [0.1, 0.15) is 33.6 Å². The minimum Gasteiger partial charge on any atom is -0.482 e. The predicted octanol–water partition coefficient (Wildman–Crippen LogP) is 2.27. The van der Waals surface area contributed by atoms with E-state index in [4.69, 9.17) is 15.2 Å². The molecule has 2 rings (SSSR count). The lowest BCUT2D eigenvalue weighted by atomic mass is 9.94. The molecule has 0 aromatic heterocycles. The van der Waals surface area contributed by atoms with E-state index in [0.29, 0.717) is 18.0 Å². The molecule has 5 nitrogen and oxygen atoms in total. The molecule has 3 N–H and O–H groups in total. The molecule has 1 amide bonds. The summed E-state index contributed by atoms with van der Waals surface area (Å²) >= 11 is 0. The van der Waals surface area contributed by atoms with Gasteiger partial charge in [-0.1, -0.05) is 26.0 Å². The quantitative estimate of drug-likeness (QED) is 0.869. The third kappa shape index (κ3) is 4.05. The number of carbonyl (C=O) groups excluding carboxylic acids is 1. The first-order chi connectivity index (χ1) is 9.99. The summed E-state index contributed by atoms with van der Waals surface area (Å²) in [7, 11) is 0. The van der Waals surface area contributed by atoms with E-state index in [9.17, 15) is 4.79 Å². The molecule has 0 saturated carbocycles. The summed E-state index contributed by atoms with van der Waals surface area (Å²) in [5.74, 6) is 1.08. The summed E-state index contributed by atoms with van der Waals surface area (Å²) < 4.78 is 11.5. The van der Waals surface area contributed by atoms with Crippen molar-refractivity contribution in [1.82, 2.24) is 5.32 Å². The molecule has 0 fully saturated rings. The van der Waals surface area contributed by atoms with Crippen molar-refractivity contribution in [3.05, 3.63) is 24.3 Å². The summed E-state index contributed by atoms with van der Waals surface area (Å²) in [6.45, 7) is 6.31. The molecule has 0 spiro atoms. The van der Waals surface area contributed by atoms with Gasteiger partial charge >= 0.3 is 0 Å². The maximum Gasteiger partial charge on any atom is 0.265 e. The van der Waals surface area contributed by atoms with Crippen LogP contribution < -0.4 is 20.5 Å². The molecule has 1 aliphatic rings. The summed E-state index contributed by atoms with van der Waals surface area (Å²) in [6.07, 6.45) is 0.627. The number of ether oxygens (including phenoxy) is 2. The van der Waals surface area contributed by atoms with Crippen LogP contribution in [-0.4, -0.2) is 30.2 Å². The van der Waals surface area contributed by atoms with Gasteiger partial charge in [-0.05, 0) is 31.9 Å². The maximum absolute atomic E-state index is 12.3. The first-order valence-electron chi connectivity index (χ1n) is 7.48. The van der Waals surface area contributed by atoms with E-state index in [-0.39, 0.29) is 30.0 Å². The molecule has 22 heavy (non-hydrogen) atoms. The van der Waals surface area contributed by atoms with Crippen molar-refractivity contribution < 1.29 is 14.3 Å². The average Bonchev–Trinajstić information content (AvgIpc) is 2.51. The van der Waals surface area contributed by atoms with Gasteiger partial charge in [0, 0.05) is 12.1 Å². The molecule has 0 radical (unpaired) electrons. The maximum atomic E-state index is 12.3. The molecule has 0 aliphatic carbocycles. The summed E-state index contributed by atoms with van der Waals surface area (Å²) in [5, 5.41) is 2.89. The second-order valence-corrected chi connectivity index (χ2v) is 5.60. The molecule has 2 unspecified atom stereocenters. The Labute approximate surface area is 138 Å². The van der Waals surface area contributed by atoms with Gasteiger partial charge in [-0.15, -0.1) is 12.4 Å². The second-order valence-electron chi connectivity index (χ2n) is 5.60. The largest absolute Gasteiger partial charge is 0.482 e. The van der Waals surface area contributed by atoms with Gasteiger partial charge < -0.3 is 20.5 Å². The van der Waals surface area contributed by atoms with Crippen LogP contribution in [0.3, 0.4) is 0 Å². The zero-order valence-corrected chi connectivity index (χ0v) is 14.1. The van der Waals surface area contributed by atoms with E-state index in [1.165, 1.54) is 0 Å². The van der Waals surface area contributed by atoms with E-state index < -0.39 is 6.10 Å². The van der Waals surface area contributed by atoms with Crippen molar-refractivity contribution in [2.45, 2.75) is 51.4 Å². The summed E-state index contributed by atoms with van der Waals surface area (Å²) in [6, 6.07) is 7.36. The molecular formula is C16H25ClN2O3. The van der Waals surface area contributed by atoms with Crippen LogP contribution in [0.5, 0.6) is 11.5 Å². The highest BCUT2D eigenvalue weighted by Gasteiger charge is 2.34. The van der Waals surface area contributed by atoms with Gasteiger partial charge in [0.15, 0.2) is 11.5 Å². The number of hydrogen-bond acceptors (Lipinski definition) is 4. The first kappa shape index (κ1) is 18.6. The van der Waals surface area contributed by atoms with Crippen LogP contribution in [0.4, 0.5) is 0 Å². The van der Waals surface area contributed by atoms with Gasteiger partial charge in [0.1, 0.15) is 6.10 Å². The van der Waals surface area contributed by atoms with Crippen molar-refractivity contribution in [2.75, 3.05) is 6.54 Å². The number of nitrogens with one attached hydrogen (secondary N) is 1. The highest BCUT2D eigenvalue weighted by molar-refractivity contribution is 5.85. The minimum absolute atomic E-state index is 0. The van der Waals surface area contributed by atoms with Crippen LogP contribution in [0.2, 0.25) is 0 Å². The molecule has 1 aliphatic heterocycles. The Morgan fingerprint density at radius 1 is 1.23 bits per heavy atom. The minimum atomic E-state index is -0.655. The Kier molecular flexibility index (Phi) is 6.50. The molecule has 2 atom stereocenters. The molecular weight excluding hydrogens is 304 g/mol. The van der Waals surface area contributed by atoms with Crippen molar-refractivity contribution in [3.63, 3.8) is 0 Å². The van der Waals surface area contributed by atoms with Crippen molar-refractivity contribution in [1.29, 1.82) is 0 Å².